The number of ether oxygens (including phenoxy) is 1. The molecule has 2 aliphatic carbocycles. The topological polar surface area (TPSA) is 308 Å². The van der Waals surface area contributed by atoms with E-state index in [1.165, 1.54) is 11.3 Å². The lowest BCUT2D eigenvalue weighted by Gasteiger charge is -2.40. The summed E-state index contributed by atoms with van der Waals surface area (Å²) in [6, 6.07) is 30.3. The number of aliphatic carboxylic acids is 1. The molecule has 0 unspecified atom stereocenters. The molecular formula is C86H107ClN14O11. The monoisotopic (exact) mass is 1550 g/mol. The Morgan fingerprint density at radius 2 is 1.04 bits per heavy atom. The molecule has 25 nitrogen and oxygen atoms in total. The number of rotatable bonds is 16. The third-order valence-electron chi connectivity index (χ3n) is 24.8. The highest BCUT2D eigenvalue weighted by atomic mass is 35.5. The molecule has 594 valence electrons. The molecule has 8 amide bonds. The molecule has 15 rings (SSSR count). The number of nitrogens with one attached hydrogen (secondary N) is 6. The van der Waals surface area contributed by atoms with Crippen molar-refractivity contribution < 1.29 is 53.0 Å². The minimum Gasteiger partial charge on any atom is -0.480 e. The number of aromatic amines is 2. The number of benzene rings is 5. The minimum absolute atomic E-state index is 0. The Labute approximate surface area is 660 Å². The number of aromatic nitrogens is 4. The Balaban J connectivity index is 0.000000164. The van der Waals surface area contributed by atoms with Gasteiger partial charge in [-0.2, -0.15) is 10.2 Å². The van der Waals surface area contributed by atoms with Crippen LogP contribution in [0.25, 0.3) is 34.0 Å². The molecular weight excluding hydrogens is 1440 g/mol. The number of likely N-dealkylation sites (tertiary alicyclic amines) is 5. The maximum atomic E-state index is 14.3. The van der Waals surface area contributed by atoms with E-state index < -0.39 is 30.2 Å². The summed E-state index contributed by atoms with van der Waals surface area (Å²) >= 11 is 0. The van der Waals surface area contributed by atoms with Gasteiger partial charge in [0.25, 0.3) is 0 Å². The highest BCUT2D eigenvalue weighted by molar-refractivity contribution is 6.05. The Morgan fingerprint density at radius 3 is 1.53 bits per heavy atom. The van der Waals surface area contributed by atoms with Crippen molar-refractivity contribution in [1.82, 2.24) is 71.1 Å². The molecule has 6 saturated heterocycles. The van der Waals surface area contributed by atoms with E-state index in [1.54, 1.807) is 43.2 Å². The molecule has 112 heavy (non-hydrogen) atoms. The smallest absolute Gasteiger partial charge is 0.410 e. The summed E-state index contributed by atoms with van der Waals surface area (Å²) in [5.74, 6) is -0.449. The van der Waals surface area contributed by atoms with Crippen LogP contribution < -0.4 is 21.3 Å². The van der Waals surface area contributed by atoms with Gasteiger partial charge >= 0.3 is 24.1 Å². The largest absolute Gasteiger partial charge is 0.480 e. The number of aryl methyl sites for hydroxylation is 2. The van der Waals surface area contributed by atoms with Crippen LogP contribution >= 0.6 is 12.4 Å². The number of carboxylic acids is 1. The van der Waals surface area contributed by atoms with Crippen LogP contribution in [-0.4, -0.2) is 225 Å². The quantitative estimate of drug-likeness (QED) is 0.0473. The molecule has 2 spiro atoms. The molecule has 0 radical (unpaired) electrons. The van der Waals surface area contributed by atoms with Gasteiger partial charge in [0.2, 0.25) is 17.7 Å². The molecule has 7 aromatic rings. The van der Waals surface area contributed by atoms with Crippen LogP contribution in [0.3, 0.4) is 0 Å². The van der Waals surface area contributed by atoms with Crippen molar-refractivity contribution >= 4 is 99.8 Å². The van der Waals surface area contributed by atoms with Gasteiger partial charge in [-0.05, 0) is 214 Å². The molecule has 6 fully saturated rings. The SMILES string of the molecule is CN[C@H](C)C(=O)N1CCC2(CC1)CCN(C(=O)[C@@H](Cc1cc(C)c3[nH]ncc3c1)NC(=O)N1CCC(C3=Cc4ccccc4CC3=O)CC1)C2.C[C@H](C(=O)N1CCC2(CCNC2)CC1)N(C)C(=O)OCc1ccccc1.Cc1cc(C[C@@H](NC(=O)N2CCC(C3=Cc4ccccc4CC3=O)CC2)C(=O)O)cc2cn[nH]c12.Cl. The Kier molecular flexibility index (Phi) is 26.2. The number of likely N-dealkylation sites (N-methyl/N-ethyl adjacent to an activating group) is 2. The van der Waals surface area contributed by atoms with E-state index in [0.717, 1.165) is 141 Å². The van der Waals surface area contributed by atoms with Crippen LogP contribution in [0.15, 0.2) is 127 Å². The van der Waals surface area contributed by atoms with E-state index in [1.807, 2.05) is 139 Å². The number of halogens is 1. The minimum atomic E-state index is -1.07. The first-order valence-corrected chi connectivity index (χ1v) is 39.5. The van der Waals surface area contributed by atoms with Crippen LogP contribution in [-0.2, 0) is 65.8 Å². The number of carboxylic acid groups (broad SMARTS) is 1. The van der Waals surface area contributed by atoms with Crippen molar-refractivity contribution in [2.45, 2.75) is 148 Å². The van der Waals surface area contributed by atoms with E-state index >= 15 is 0 Å². The van der Waals surface area contributed by atoms with Crippen LogP contribution in [0.5, 0.6) is 0 Å². The van der Waals surface area contributed by atoms with Gasteiger partial charge in [-0.3, -0.25) is 39.1 Å². The number of hydrogen-bond donors (Lipinski definition) is 7. The summed E-state index contributed by atoms with van der Waals surface area (Å²) < 4.78 is 5.33. The maximum Gasteiger partial charge on any atom is 0.410 e. The molecule has 4 atom stereocenters. The summed E-state index contributed by atoms with van der Waals surface area (Å²) in [6.07, 6.45) is 17.2. The zero-order valence-electron chi connectivity index (χ0n) is 65.2. The van der Waals surface area contributed by atoms with Crippen molar-refractivity contribution in [3.05, 3.63) is 177 Å². The molecule has 5 aromatic carbocycles. The summed E-state index contributed by atoms with van der Waals surface area (Å²) in [5.41, 5.74) is 13.0. The molecule has 8 heterocycles. The molecule has 0 saturated carbocycles. The molecule has 0 bridgehead atoms. The van der Waals surface area contributed by atoms with Gasteiger partial charge in [-0.25, -0.2) is 19.2 Å². The van der Waals surface area contributed by atoms with E-state index in [4.69, 9.17) is 4.74 Å². The first kappa shape index (κ1) is 81.3. The first-order valence-electron chi connectivity index (χ1n) is 39.5. The number of H-pyrrole nitrogens is 2. The third kappa shape index (κ3) is 18.9. The van der Waals surface area contributed by atoms with Crippen LogP contribution in [0, 0.1) is 36.5 Å². The lowest BCUT2D eigenvalue weighted by atomic mass is 9.77. The number of piperidine rings is 4. The first-order chi connectivity index (χ1) is 53.5. The Hall–Kier alpha value is -10.2. The highest BCUT2D eigenvalue weighted by Gasteiger charge is 2.46. The van der Waals surface area contributed by atoms with Gasteiger partial charge in [0.05, 0.1) is 29.5 Å². The molecule has 8 aliphatic rings. The fraction of sp³-hybridized carbons (Fsp3) is 0.477. The number of amides is 8. The second-order valence-electron chi connectivity index (χ2n) is 32.0. The standard InChI is InChI=1S/C39H49N7O4.C27H28N4O4.C20H29N3O3.ClH/c1-25-18-27(19-31-23-41-43-35(25)31)20-33(37(49)46-17-12-39(24-46)10-15-44(16-11-39)36(48)26(2)40-3)42-38(50)45-13-8-28(9-14-45)32-21-29-6-4-5-7-30(29)22-34(32)47;1-16-10-17(11-21-15-28-30-25(16)21)12-23(26(33)34)29-27(35)31-8-6-18(7-9-31)22-13-19-4-2-3-5-20(19)14-24(22)32;1-16(22(2)19(25)26-14-17-6-4-3-5-7-17)18(24)23-12-9-20(10-13-23)8-11-21-15-20;/h4-7,18-19,21,23,26,28,33,40H,8-17,20,22,24H2,1-3H3,(H,41,43)(H,42,50);2-5,10-11,13,15,18,23H,6-9,12,14H2,1H3,(H,28,30)(H,29,35)(H,33,34);3-7,16,21H,8-15H2,1-2H3;1H/t26-,33-;23-;16-;/m111./s1. The number of ketones is 2. The Bertz CT molecular complexity index is 4650. The lowest BCUT2D eigenvalue weighted by molar-refractivity contribution is -0.139. The van der Waals surface area contributed by atoms with Gasteiger partial charge in [-0.1, -0.05) is 91.0 Å². The number of carbonyl (C=O) groups excluding carboxylic acids is 8. The van der Waals surface area contributed by atoms with Crippen molar-refractivity contribution in [3.8, 4) is 0 Å². The number of nitrogens with zero attached hydrogens (tertiary/aromatic N) is 8. The molecule has 6 aliphatic heterocycles. The highest BCUT2D eigenvalue weighted by Crippen LogP contribution is 2.42. The predicted molar refractivity (Wildman–Crippen MR) is 431 cm³/mol. The maximum absolute atomic E-state index is 14.3. The number of Topliss-reactive ketones (excluding diaryl/α,β-unsaturated/α-hetero) is 2. The summed E-state index contributed by atoms with van der Waals surface area (Å²) in [6.45, 7) is 16.2. The van der Waals surface area contributed by atoms with E-state index in [0.29, 0.717) is 103 Å². The van der Waals surface area contributed by atoms with Crippen LogP contribution in [0.2, 0.25) is 0 Å². The number of allylic oxidation sites excluding steroid dienone is 2. The van der Waals surface area contributed by atoms with Crippen molar-refractivity contribution in [3.63, 3.8) is 0 Å². The average molecular weight is 1550 g/mol. The van der Waals surface area contributed by atoms with Gasteiger partial charge in [0.15, 0.2) is 11.6 Å². The second-order valence-corrected chi connectivity index (χ2v) is 32.0. The normalized spacial score (nSPS) is 19.1. The number of carbonyl (C=O) groups is 9. The third-order valence-corrected chi connectivity index (χ3v) is 24.8. The van der Waals surface area contributed by atoms with Crippen LogP contribution in [0.4, 0.5) is 14.4 Å². The van der Waals surface area contributed by atoms with Crippen molar-refractivity contribution in [1.29, 1.82) is 0 Å². The zero-order chi connectivity index (χ0) is 78.1. The predicted octanol–water partition coefficient (Wildman–Crippen LogP) is 10.0. The summed E-state index contributed by atoms with van der Waals surface area (Å²) in [5, 5.41) is 38.2. The number of urea groups is 2. The van der Waals surface area contributed by atoms with Crippen molar-refractivity contribution in [2.24, 2.45) is 22.7 Å². The zero-order valence-corrected chi connectivity index (χ0v) is 66.0. The number of fused-ring (bicyclic) bond motifs is 4. The van der Waals surface area contributed by atoms with Crippen LogP contribution in [0.1, 0.15) is 128 Å². The molecule has 7 N–H and O–H groups in total. The summed E-state index contributed by atoms with van der Waals surface area (Å²) in [7, 11) is 3.43. The second kappa shape index (κ2) is 36.1. The van der Waals surface area contributed by atoms with E-state index in [-0.39, 0.29) is 90.1 Å². The Morgan fingerprint density at radius 1 is 0.571 bits per heavy atom. The van der Waals surface area contributed by atoms with E-state index in [2.05, 4.69) is 53.8 Å². The van der Waals surface area contributed by atoms with Gasteiger partial charge in [-0.15, -0.1) is 12.4 Å². The van der Waals surface area contributed by atoms with Gasteiger partial charge < -0.3 is 55.6 Å². The fourth-order valence-corrected chi connectivity index (χ4v) is 17.6. The summed E-state index contributed by atoms with van der Waals surface area (Å²) in [4.78, 5) is 127. The number of hydrogen-bond acceptors (Lipinski definition) is 14. The molecule has 26 heteroatoms. The average Bonchev–Trinajstić information content (AvgIpc) is 1.74. The fourth-order valence-electron chi connectivity index (χ4n) is 17.6. The van der Waals surface area contributed by atoms with Crippen molar-refractivity contribution in [2.75, 3.05) is 92.6 Å². The van der Waals surface area contributed by atoms with Gasteiger partial charge in [0.1, 0.15) is 24.7 Å². The van der Waals surface area contributed by atoms with E-state index in [9.17, 15) is 48.3 Å². The van der Waals surface area contributed by atoms with Gasteiger partial charge in [0, 0.05) is 115 Å². The lowest BCUT2D eigenvalue weighted by Crippen LogP contribution is -2.54. The molecule has 2 aromatic heterocycles.